The maximum absolute atomic E-state index is 2.47. The molecular formula is C55H52N2S. The van der Waals surface area contributed by atoms with Crippen molar-refractivity contribution in [2.24, 2.45) is 0 Å². The van der Waals surface area contributed by atoms with Gasteiger partial charge in [-0.1, -0.05) is 146 Å². The third kappa shape index (κ3) is 7.88. The molecule has 2 nitrogen and oxygen atoms in total. The van der Waals surface area contributed by atoms with E-state index < -0.39 is 0 Å². The molecule has 8 rings (SSSR count). The van der Waals surface area contributed by atoms with Gasteiger partial charge in [0.25, 0.3) is 0 Å². The zero-order chi connectivity index (χ0) is 40.2. The largest absolute Gasteiger partial charge is 0.336 e. The number of nitrogens with zero attached hydrogens (tertiary/aromatic N) is 2. The van der Waals surface area contributed by atoms with E-state index in [0.717, 1.165) is 29.9 Å². The summed E-state index contributed by atoms with van der Waals surface area (Å²) in [6.45, 7) is 13.4. The molecule has 0 bridgehead atoms. The Hall–Kier alpha value is -6.16. The van der Waals surface area contributed by atoms with Crippen LogP contribution in [0.1, 0.15) is 50.8 Å². The third-order valence-electron chi connectivity index (χ3n) is 11.5. The first-order valence-corrected chi connectivity index (χ1v) is 21.4. The molecule has 0 spiro atoms. The maximum Gasteiger partial charge on any atom is 0.0463 e. The summed E-state index contributed by atoms with van der Waals surface area (Å²) in [5.74, 6) is 0. The van der Waals surface area contributed by atoms with Gasteiger partial charge in [0.2, 0.25) is 0 Å². The molecule has 1 heterocycles. The first-order valence-electron chi connectivity index (χ1n) is 20.5. The first kappa shape index (κ1) is 38.7. The number of hydrogen-bond donors (Lipinski definition) is 0. The van der Waals surface area contributed by atoms with E-state index in [-0.39, 0.29) is 5.54 Å². The van der Waals surface area contributed by atoms with Crippen LogP contribution in [-0.2, 0) is 6.42 Å². The summed E-state index contributed by atoms with van der Waals surface area (Å²) in [5, 5.41) is 0. The highest BCUT2D eigenvalue weighted by atomic mass is 32.1. The Morgan fingerprint density at radius 1 is 0.414 bits per heavy atom. The molecule has 0 atom stereocenters. The standard InChI is InChI=1S/C55H52N2S/c1-7-41-23-25-44(26-24-41)53-51(42-15-11-9-12-16-42)52(43-17-13-10-14-18-43)54(58-53)45-27-33-47(34-28-45)56(46-29-19-39(3)20-30-46)48-35-37-50(38-36-48)57(55(5,6)8-2)49-31-21-40(4)22-32-49/h9-38H,7-8H2,1-6H3. The predicted octanol–water partition coefficient (Wildman–Crippen LogP) is 16.4. The van der Waals surface area contributed by atoms with E-state index in [4.69, 9.17) is 0 Å². The van der Waals surface area contributed by atoms with Gasteiger partial charge in [-0.2, -0.15) is 0 Å². The van der Waals surface area contributed by atoms with E-state index in [2.05, 4.69) is 233 Å². The molecule has 0 saturated heterocycles. The number of rotatable bonds is 12. The van der Waals surface area contributed by atoms with Crippen molar-refractivity contribution in [2.75, 3.05) is 9.80 Å². The van der Waals surface area contributed by atoms with Gasteiger partial charge in [0.15, 0.2) is 0 Å². The molecule has 0 saturated carbocycles. The van der Waals surface area contributed by atoms with E-state index >= 15 is 0 Å². The summed E-state index contributed by atoms with van der Waals surface area (Å²) in [6.07, 6.45) is 2.04. The lowest BCUT2D eigenvalue weighted by molar-refractivity contribution is 0.488. The fraction of sp³-hybridized carbons (Fsp3) is 0.164. The van der Waals surface area contributed by atoms with Crippen LogP contribution in [-0.4, -0.2) is 5.54 Å². The number of aryl methyl sites for hydroxylation is 3. The average Bonchev–Trinajstić information content (AvgIpc) is 3.67. The Bertz CT molecular complexity index is 2570. The second kappa shape index (κ2) is 16.7. The lowest BCUT2D eigenvalue weighted by atomic mass is 9.91. The molecule has 8 aromatic rings. The maximum atomic E-state index is 2.47. The number of hydrogen-bond acceptors (Lipinski definition) is 3. The van der Waals surface area contributed by atoms with Gasteiger partial charge in [-0.15, -0.1) is 11.3 Å². The fourth-order valence-electron chi connectivity index (χ4n) is 7.84. The zero-order valence-electron chi connectivity index (χ0n) is 34.5. The predicted molar refractivity (Wildman–Crippen MR) is 253 cm³/mol. The van der Waals surface area contributed by atoms with Crippen molar-refractivity contribution in [3.63, 3.8) is 0 Å². The highest BCUT2D eigenvalue weighted by molar-refractivity contribution is 7.20. The second-order valence-corrected chi connectivity index (χ2v) is 16.9. The van der Waals surface area contributed by atoms with E-state index in [1.54, 1.807) is 0 Å². The highest BCUT2D eigenvalue weighted by Crippen LogP contribution is 2.52. The molecule has 0 N–H and O–H groups in total. The van der Waals surface area contributed by atoms with Crippen LogP contribution in [0.2, 0.25) is 0 Å². The molecule has 0 aliphatic rings. The van der Waals surface area contributed by atoms with Gasteiger partial charge < -0.3 is 9.80 Å². The van der Waals surface area contributed by atoms with Crippen LogP contribution in [0.3, 0.4) is 0 Å². The van der Waals surface area contributed by atoms with Crippen LogP contribution >= 0.6 is 11.3 Å². The van der Waals surface area contributed by atoms with E-state index in [0.29, 0.717) is 0 Å². The number of thiophene rings is 1. The van der Waals surface area contributed by atoms with Crippen molar-refractivity contribution in [2.45, 2.75) is 59.9 Å². The van der Waals surface area contributed by atoms with Crippen molar-refractivity contribution < 1.29 is 0 Å². The quantitative estimate of drug-likeness (QED) is 0.122. The Morgan fingerprint density at radius 3 is 1.19 bits per heavy atom. The summed E-state index contributed by atoms with van der Waals surface area (Å²) in [4.78, 5) is 7.41. The summed E-state index contributed by atoms with van der Waals surface area (Å²) in [7, 11) is 0. The zero-order valence-corrected chi connectivity index (χ0v) is 35.4. The van der Waals surface area contributed by atoms with Crippen LogP contribution in [0, 0.1) is 13.8 Å². The topological polar surface area (TPSA) is 6.48 Å². The van der Waals surface area contributed by atoms with E-state index in [1.807, 2.05) is 11.3 Å². The van der Waals surface area contributed by atoms with Crippen molar-refractivity contribution in [3.05, 3.63) is 199 Å². The van der Waals surface area contributed by atoms with Gasteiger partial charge in [-0.3, -0.25) is 0 Å². The molecule has 1 aromatic heterocycles. The molecule has 0 fully saturated rings. The van der Waals surface area contributed by atoms with E-state index in [9.17, 15) is 0 Å². The molecule has 0 amide bonds. The smallest absolute Gasteiger partial charge is 0.0463 e. The minimum absolute atomic E-state index is 0.0666. The van der Waals surface area contributed by atoms with Gasteiger partial charge in [-0.25, -0.2) is 0 Å². The Balaban J connectivity index is 1.24. The third-order valence-corrected chi connectivity index (χ3v) is 12.8. The summed E-state index contributed by atoms with van der Waals surface area (Å²) >= 11 is 1.89. The first-order chi connectivity index (χ1) is 28.2. The molecular weight excluding hydrogens is 721 g/mol. The van der Waals surface area contributed by atoms with Gasteiger partial charge in [0, 0.05) is 54.9 Å². The summed E-state index contributed by atoms with van der Waals surface area (Å²) in [6, 6.07) is 67.0. The van der Waals surface area contributed by atoms with Crippen LogP contribution in [0.5, 0.6) is 0 Å². The molecule has 58 heavy (non-hydrogen) atoms. The molecule has 7 aromatic carbocycles. The van der Waals surface area contributed by atoms with Gasteiger partial charge in [0.05, 0.1) is 0 Å². The second-order valence-electron chi connectivity index (χ2n) is 15.9. The summed E-state index contributed by atoms with van der Waals surface area (Å²) < 4.78 is 0. The lowest BCUT2D eigenvalue weighted by Crippen LogP contribution is -2.40. The Labute approximate surface area is 349 Å². The van der Waals surface area contributed by atoms with Crippen LogP contribution in [0.4, 0.5) is 28.4 Å². The normalized spacial score (nSPS) is 11.4. The minimum atomic E-state index is -0.0666. The van der Waals surface area contributed by atoms with Gasteiger partial charge in [-0.05, 0) is 129 Å². The fourth-order valence-corrected chi connectivity index (χ4v) is 9.20. The minimum Gasteiger partial charge on any atom is -0.336 e. The molecule has 0 unspecified atom stereocenters. The SMILES string of the molecule is CCc1ccc(-c2sc(-c3ccc(N(c4ccc(C)cc4)c4ccc(N(c5ccc(C)cc5)C(C)(C)CC)cc4)cc3)c(-c3ccccc3)c2-c2ccccc2)cc1. The number of benzene rings is 7. The molecule has 0 aliphatic heterocycles. The van der Waals surface area contributed by atoms with Gasteiger partial charge in [0.1, 0.15) is 0 Å². The monoisotopic (exact) mass is 772 g/mol. The Morgan fingerprint density at radius 2 is 0.776 bits per heavy atom. The van der Waals surface area contributed by atoms with Crippen molar-refractivity contribution in [1.82, 2.24) is 0 Å². The lowest BCUT2D eigenvalue weighted by Gasteiger charge is -2.40. The van der Waals surface area contributed by atoms with Crippen molar-refractivity contribution in [1.29, 1.82) is 0 Å². The van der Waals surface area contributed by atoms with E-state index in [1.165, 1.54) is 71.2 Å². The van der Waals surface area contributed by atoms with Crippen LogP contribution in [0.25, 0.3) is 43.1 Å². The molecule has 288 valence electrons. The molecule has 0 radical (unpaired) electrons. The Kier molecular flexibility index (Phi) is 11.2. The highest BCUT2D eigenvalue weighted by Gasteiger charge is 2.28. The van der Waals surface area contributed by atoms with Crippen LogP contribution < -0.4 is 9.80 Å². The van der Waals surface area contributed by atoms with Gasteiger partial charge >= 0.3 is 0 Å². The number of anilines is 5. The van der Waals surface area contributed by atoms with Crippen molar-refractivity contribution >= 4 is 39.8 Å². The van der Waals surface area contributed by atoms with Crippen molar-refractivity contribution in [3.8, 4) is 43.1 Å². The van der Waals surface area contributed by atoms with Crippen LogP contribution in [0.15, 0.2) is 182 Å². The molecule has 0 aliphatic carbocycles. The molecule has 3 heteroatoms. The summed E-state index contributed by atoms with van der Waals surface area (Å²) in [5.41, 5.74) is 17.0. The average molecular weight is 773 g/mol.